The van der Waals surface area contributed by atoms with E-state index in [4.69, 9.17) is 0 Å². The van der Waals surface area contributed by atoms with Crippen molar-refractivity contribution in [1.82, 2.24) is 0 Å². The Morgan fingerprint density at radius 3 is 2.18 bits per heavy atom. The fourth-order valence-electron chi connectivity index (χ4n) is 4.50. The van der Waals surface area contributed by atoms with Crippen LogP contribution in [0.15, 0.2) is 61.7 Å². The highest BCUT2D eigenvalue weighted by Gasteiger charge is 2.32. The Morgan fingerprint density at radius 1 is 0.912 bits per heavy atom. The SMILES string of the molecule is C=CCc1cc(/C(F)=C(\F)c2ccc(C3CCC(C)CC3)cc2CC=C)ccc1OC(F)(F)F. The second-order valence-electron chi connectivity index (χ2n) is 8.86. The van der Waals surface area contributed by atoms with Crippen LogP contribution in [0.2, 0.25) is 0 Å². The van der Waals surface area contributed by atoms with E-state index in [2.05, 4.69) is 24.8 Å². The van der Waals surface area contributed by atoms with Gasteiger partial charge in [-0.15, -0.1) is 26.3 Å². The predicted octanol–water partition coefficient (Wildman–Crippen LogP) is 9.10. The molecule has 34 heavy (non-hydrogen) atoms. The van der Waals surface area contributed by atoms with Crippen molar-refractivity contribution in [3.05, 3.63) is 89.5 Å². The first-order chi connectivity index (χ1) is 16.1. The zero-order chi connectivity index (χ0) is 24.9. The standard InChI is InChI=1S/C28H29F5O/c1-4-6-21-16-20(19-10-8-18(3)9-11-19)12-14-24(21)27(30)26(29)23-13-15-25(34-28(31,32)33)22(17-23)7-5-2/h4-5,12-19H,1-2,6-11H2,3H3/b27-26+. The molecule has 0 saturated heterocycles. The van der Waals surface area contributed by atoms with E-state index in [0.717, 1.165) is 49.4 Å². The Balaban J connectivity index is 1.97. The summed E-state index contributed by atoms with van der Waals surface area (Å²) < 4.78 is 72.6. The number of alkyl halides is 3. The van der Waals surface area contributed by atoms with Gasteiger partial charge in [0.1, 0.15) is 5.75 Å². The maximum atomic E-state index is 15.4. The number of hydrogen-bond acceptors (Lipinski definition) is 1. The average molecular weight is 477 g/mol. The molecule has 1 fully saturated rings. The lowest BCUT2D eigenvalue weighted by Gasteiger charge is -2.27. The molecule has 0 amide bonds. The van der Waals surface area contributed by atoms with Crippen LogP contribution in [0.3, 0.4) is 0 Å². The summed E-state index contributed by atoms with van der Waals surface area (Å²) in [5.41, 5.74) is 1.75. The Morgan fingerprint density at radius 2 is 1.56 bits per heavy atom. The lowest BCUT2D eigenvalue weighted by molar-refractivity contribution is -0.274. The van der Waals surface area contributed by atoms with E-state index in [9.17, 15) is 13.2 Å². The Labute approximate surface area is 197 Å². The first-order valence-corrected chi connectivity index (χ1v) is 11.4. The van der Waals surface area contributed by atoms with Gasteiger partial charge in [-0.25, -0.2) is 8.78 Å². The van der Waals surface area contributed by atoms with Crippen LogP contribution in [0.5, 0.6) is 5.75 Å². The first kappa shape index (κ1) is 25.7. The number of halogens is 5. The third-order valence-electron chi connectivity index (χ3n) is 6.31. The molecule has 0 spiro atoms. The molecule has 0 aromatic heterocycles. The van der Waals surface area contributed by atoms with Gasteiger partial charge in [0.15, 0.2) is 11.7 Å². The van der Waals surface area contributed by atoms with Gasteiger partial charge in [-0.2, -0.15) is 0 Å². The molecule has 3 rings (SSSR count). The summed E-state index contributed by atoms with van der Waals surface area (Å²) >= 11 is 0. The van der Waals surface area contributed by atoms with Crippen LogP contribution in [0.1, 0.15) is 66.3 Å². The highest BCUT2D eigenvalue weighted by molar-refractivity contribution is 5.84. The maximum absolute atomic E-state index is 15.4. The van der Waals surface area contributed by atoms with Gasteiger partial charge in [0.05, 0.1) is 0 Å². The third kappa shape index (κ3) is 6.37. The van der Waals surface area contributed by atoms with Crippen molar-refractivity contribution in [2.75, 3.05) is 0 Å². The predicted molar refractivity (Wildman–Crippen MR) is 127 cm³/mol. The lowest BCUT2D eigenvalue weighted by atomic mass is 9.78. The van der Waals surface area contributed by atoms with Crippen LogP contribution in [-0.2, 0) is 12.8 Å². The highest BCUT2D eigenvalue weighted by atomic mass is 19.4. The van der Waals surface area contributed by atoms with Gasteiger partial charge in [-0.3, -0.25) is 0 Å². The van der Waals surface area contributed by atoms with Crippen LogP contribution >= 0.6 is 0 Å². The van der Waals surface area contributed by atoms with Gasteiger partial charge in [-0.05, 0) is 72.4 Å². The molecule has 0 unspecified atom stereocenters. The molecule has 1 aliphatic carbocycles. The van der Waals surface area contributed by atoms with Crippen LogP contribution in [0.4, 0.5) is 22.0 Å². The zero-order valence-corrected chi connectivity index (χ0v) is 19.2. The first-order valence-electron chi connectivity index (χ1n) is 11.4. The van der Waals surface area contributed by atoms with Crippen molar-refractivity contribution in [3.8, 4) is 5.75 Å². The number of ether oxygens (including phenoxy) is 1. The molecule has 0 aliphatic heterocycles. The number of rotatable bonds is 8. The van der Waals surface area contributed by atoms with Gasteiger partial charge in [-0.1, -0.05) is 50.1 Å². The molecule has 2 aromatic rings. The molecule has 2 aromatic carbocycles. The second kappa shape index (κ2) is 11.0. The fourth-order valence-corrected chi connectivity index (χ4v) is 4.50. The van der Waals surface area contributed by atoms with E-state index in [0.29, 0.717) is 23.8 Å². The van der Waals surface area contributed by atoms with Gasteiger partial charge in [0.2, 0.25) is 0 Å². The zero-order valence-electron chi connectivity index (χ0n) is 19.2. The van der Waals surface area contributed by atoms with Gasteiger partial charge < -0.3 is 4.74 Å². The third-order valence-corrected chi connectivity index (χ3v) is 6.31. The van der Waals surface area contributed by atoms with E-state index < -0.39 is 23.8 Å². The van der Waals surface area contributed by atoms with E-state index in [1.54, 1.807) is 12.1 Å². The molecule has 0 bridgehead atoms. The minimum atomic E-state index is -4.89. The largest absolute Gasteiger partial charge is 0.573 e. The molecular weight excluding hydrogens is 447 g/mol. The molecule has 0 atom stereocenters. The quantitative estimate of drug-likeness (QED) is 0.210. The van der Waals surface area contributed by atoms with E-state index in [1.165, 1.54) is 6.08 Å². The van der Waals surface area contributed by atoms with Crippen LogP contribution < -0.4 is 4.74 Å². The van der Waals surface area contributed by atoms with Crippen LogP contribution in [0.25, 0.3) is 11.7 Å². The van der Waals surface area contributed by atoms with E-state index in [1.807, 2.05) is 12.1 Å². The van der Waals surface area contributed by atoms with Gasteiger partial charge >= 0.3 is 6.36 Å². The smallest absolute Gasteiger partial charge is 0.405 e. The molecule has 0 radical (unpaired) electrons. The molecule has 0 N–H and O–H groups in total. The van der Waals surface area contributed by atoms with Gasteiger partial charge in [0.25, 0.3) is 0 Å². The molecule has 1 aliphatic rings. The summed E-state index contributed by atoms with van der Waals surface area (Å²) in [7, 11) is 0. The van der Waals surface area contributed by atoms with Crippen molar-refractivity contribution >= 4 is 11.7 Å². The lowest BCUT2D eigenvalue weighted by Crippen LogP contribution is -2.18. The number of allylic oxidation sites excluding steroid dienone is 2. The minimum absolute atomic E-state index is 0.00453. The Hall–Kier alpha value is -2.89. The summed E-state index contributed by atoms with van der Waals surface area (Å²) in [5.74, 6) is -1.57. The van der Waals surface area contributed by atoms with Crippen molar-refractivity contribution in [3.63, 3.8) is 0 Å². The summed E-state index contributed by atoms with van der Waals surface area (Å²) in [4.78, 5) is 0. The normalized spacial score (nSPS) is 19.4. The summed E-state index contributed by atoms with van der Waals surface area (Å²) in [6, 6.07) is 8.59. The molecule has 1 saturated carbocycles. The summed E-state index contributed by atoms with van der Waals surface area (Å²) in [5, 5.41) is 0. The average Bonchev–Trinajstić information content (AvgIpc) is 2.79. The van der Waals surface area contributed by atoms with Crippen LogP contribution in [0, 0.1) is 5.92 Å². The topological polar surface area (TPSA) is 9.23 Å². The monoisotopic (exact) mass is 476 g/mol. The number of benzene rings is 2. The van der Waals surface area contributed by atoms with Crippen LogP contribution in [-0.4, -0.2) is 6.36 Å². The van der Waals surface area contributed by atoms with Gasteiger partial charge in [0, 0.05) is 11.1 Å². The maximum Gasteiger partial charge on any atom is 0.573 e. The molecule has 0 heterocycles. The molecule has 1 nitrogen and oxygen atoms in total. The minimum Gasteiger partial charge on any atom is -0.405 e. The Bertz CT molecular complexity index is 1060. The second-order valence-corrected chi connectivity index (χ2v) is 8.86. The molecule has 6 heteroatoms. The van der Waals surface area contributed by atoms with Crippen molar-refractivity contribution in [1.29, 1.82) is 0 Å². The number of hydrogen-bond donors (Lipinski definition) is 0. The molecular formula is C28H29F5O. The Kier molecular flexibility index (Phi) is 8.34. The highest BCUT2D eigenvalue weighted by Crippen LogP contribution is 2.39. The van der Waals surface area contributed by atoms with Crippen molar-refractivity contribution < 1.29 is 26.7 Å². The molecule has 182 valence electrons. The van der Waals surface area contributed by atoms with Crippen molar-refractivity contribution in [2.45, 2.75) is 57.7 Å². The van der Waals surface area contributed by atoms with E-state index in [-0.39, 0.29) is 23.1 Å². The summed E-state index contributed by atoms with van der Waals surface area (Å²) in [6.45, 7) is 9.49. The van der Waals surface area contributed by atoms with E-state index >= 15 is 8.78 Å². The fraction of sp³-hybridized carbons (Fsp3) is 0.357. The summed E-state index contributed by atoms with van der Waals surface area (Å²) in [6.07, 6.45) is 2.92. The van der Waals surface area contributed by atoms with Crippen molar-refractivity contribution in [2.24, 2.45) is 5.92 Å².